The molecule has 3 saturated heterocycles. The molecule has 0 aromatic carbocycles. The summed E-state index contributed by atoms with van der Waals surface area (Å²) in [5.41, 5.74) is 5.90. The second-order valence-corrected chi connectivity index (χ2v) is 11.1. The Kier molecular flexibility index (Phi) is 6.93. The predicted molar refractivity (Wildman–Crippen MR) is 135 cm³/mol. The number of carbonyl (C=O) groups is 4. The van der Waals surface area contributed by atoms with E-state index in [1.54, 1.807) is 36.3 Å². The molecule has 4 aliphatic rings. The average molecular weight is 512 g/mol. The van der Waals surface area contributed by atoms with Crippen LogP contribution in [0.2, 0.25) is 0 Å². The fraction of sp³-hybridized carbons (Fsp3) is 0.654. The van der Waals surface area contributed by atoms with Crippen LogP contribution >= 0.6 is 0 Å². The van der Waals surface area contributed by atoms with E-state index in [4.69, 9.17) is 0 Å². The van der Waals surface area contributed by atoms with Crippen LogP contribution in [0.25, 0.3) is 0 Å². The van der Waals surface area contributed by atoms with Crippen molar-refractivity contribution in [2.24, 2.45) is 11.8 Å². The molecule has 1 aliphatic carbocycles. The lowest BCUT2D eigenvalue weighted by atomic mass is 9.78. The molecule has 4 heterocycles. The average Bonchev–Trinajstić information content (AvgIpc) is 3.45. The molecule has 0 bridgehead atoms. The molecule has 200 valence electrons. The van der Waals surface area contributed by atoms with Crippen LogP contribution in [0.1, 0.15) is 56.4 Å². The summed E-state index contributed by atoms with van der Waals surface area (Å²) in [7, 11) is 1.57. The summed E-state index contributed by atoms with van der Waals surface area (Å²) in [4.78, 5) is 62.0. The molecule has 1 aromatic heterocycles. The first kappa shape index (κ1) is 25.6. The third-order valence-electron chi connectivity index (χ3n) is 8.65. The number of imide groups is 1. The number of likely N-dealkylation sites (N-methyl/N-ethyl adjacent to an activating group) is 1. The molecule has 0 radical (unpaired) electrons. The zero-order valence-electron chi connectivity index (χ0n) is 21.8. The third kappa shape index (κ3) is 4.48. The zero-order valence-corrected chi connectivity index (χ0v) is 21.8. The SMILES string of the molecule is CC(C)[C@@H](NC(=O)c1ccccn1)C(=O)N1CCC2(CC1)C(=O)N(C)C(=O)N2C1CCC2NNCC2C1. The fourth-order valence-corrected chi connectivity index (χ4v) is 6.54. The molecule has 3 unspecified atom stereocenters. The molecule has 5 rings (SSSR count). The van der Waals surface area contributed by atoms with Gasteiger partial charge in [0.25, 0.3) is 11.8 Å². The first-order valence-electron chi connectivity index (χ1n) is 13.3. The van der Waals surface area contributed by atoms with Crippen molar-refractivity contribution in [2.45, 2.75) is 69.6 Å². The van der Waals surface area contributed by atoms with Crippen molar-refractivity contribution in [3.8, 4) is 0 Å². The van der Waals surface area contributed by atoms with Gasteiger partial charge in [-0.15, -0.1) is 0 Å². The van der Waals surface area contributed by atoms with Gasteiger partial charge in [0, 0.05) is 45.0 Å². The van der Waals surface area contributed by atoms with E-state index in [0.29, 0.717) is 37.9 Å². The van der Waals surface area contributed by atoms with Crippen LogP contribution < -0.4 is 16.2 Å². The maximum atomic E-state index is 13.5. The molecule has 1 aromatic rings. The number of rotatable bonds is 5. The zero-order chi connectivity index (χ0) is 26.3. The number of fused-ring (bicyclic) bond motifs is 1. The molecule has 11 heteroatoms. The number of nitrogens with zero attached hydrogens (tertiary/aromatic N) is 4. The summed E-state index contributed by atoms with van der Waals surface area (Å²) < 4.78 is 0. The normalized spacial score (nSPS) is 28.1. The summed E-state index contributed by atoms with van der Waals surface area (Å²) in [5.74, 6) is -0.428. The Balaban J connectivity index is 1.29. The van der Waals surface area contributed by atoms with Crippen LogP contribution in [0.4, 0.5) is 4.79 Å². The Hall–Kier alpha value is -3.05. The minimum Gasteiger partial charge on any atom is -0.341 e. The minimum atomic E-state index is -0.913. The highest BCUT2D eigenvalue weighted by Gasteiger charge is 2.60. The number of hydrogen-bond acceptors (Lipinski definition) is 7. The van der Waals surface area contributed by atoms with Gasteiger partial charge in [-0.2, -0.15) is 0 Å². The number of urea groups is 1. The maximum Gasteiger partial charge on any atom is 0.327 e. The molecule has 37 heavy (non-hydrogen) atoms. The van der Waals surface area contributed by atoms with Crippen molar-refractivity contribution in [3.05, 3.63) is 30.1 Å². The highest BCUT2D eigenvalue weighted by molar-refractivity contribution is 6.07. The fourth-order valence-electron chi connectivity index (χ4n) is 6.54. The van der Waals surface area contributed by atoms with Crippen LogP contribution in [-0.2, 0) is 9.59 Å². The lowest BCUT2D eigenvalue weighted by Crippen LogP contribution is -2.62. The Morgan fingerprint density at radius 3 is 2.59 bits per heavy atom. The Bertz CT molecular complexity index is 1060. The molecule has 3 N–H and O–H groups in total. The standard InChI is InChI=1S/C26H37N7O4/c1-16(2)21(29-22(34)20-6-4-5-11-27-20)23(35)32-12-9-26(10-13-32)24(36)31(3)25(37)33(26)18-7-8-19-17(14-18)15-28-30-19/h4-6,11,16-19,21,28,30H,7-10,12-15H2,1-3H3,(H,29,34)/t17?,18?,19?,21-/m1/s1. The van der Waals surface area contributed by atoms with Crippen LogP contribution in [0, 0.1) is 11.8 Å². The van der Waals surface area contributed by atoms with E-state index in [0.717, 1.165) is 25.8 Å². The number of amides is 5. The van der Waals surface area contributed by atoms with Crippen molar-refractivity contribution in [1.29, 1.82) is 0 Å². The number of carbonyl (C=O) groups excluding carboxylic acids is 4. The van der Waals surface area contributed by atoms with Gasteiger partial charge in [0.2, 0.25) is 5.91 Å². The van der Waals surface area contributed by atoms with Crippen LogP contribution in [0.15, 0.2) is 24.4 Å². The topological polar surface area (TPSA) is 127 Å². The van der Waals surface area contributed by atoms with Gasteiger partial charge in [-0.3, -0.25) is 35.1 Å². The number of hydrogen-bond donors (Lipinski definition) is 3. The van der Waals surface area contributed by atoms with Gasteiger partial charge < -0.3 is 15.1 Å². The number of aromatic nitrogens is 1. The van der Waals surface area contributed by atoms with Crippen molar-refractivity contribution in [3.63, 3.8) is 0 Å². The molecule has 4 fully saturated rings. The second kappa shape index (κ2) is 10.0. The monoisotopic (exact) mass is 511 g/mol. The van der Waals surface area contributed by atoms with Crippen LogP contribution in [-0.4, -0.2) is 93.8 Å². The van der Waals surface area contributed by atoms with E-state index >= 15 is 0 Å². The second-order valence-electron chi connectivity index (χ2n) is 11.1. The van der Waals surface area contributed by atoms with Gasteiger partial charge in [0.1, 0.15) is 17.3 Å². The molecule has 1 saturated carbocycles. The van der Waals surface area contributed by atoms with E-state index in [2.05, 4.69) is 21.2 Å². The van der Waals surface area contributed by atoms with Gasteiger partial charge in [-0.05, 0) is 56.1 Å². The first-order chi connectivity index (χ1) is 17.7. The minimum absolute atomic E-state index is 0.00711. The van der Waals surface area contributed by atoms with E-state index in [1.165, 1.54) is 4.90 Å². The molecule has 3 aliphatic heterocycles. The summed E-state index contributed by atoms with van der Waals surface area (Å²) in [5, 5.41) is 2.85. The van der Waals surface area contributed by atoms with Gasteiger partial charge >= 0.3 is 6.03 Å². The van der Waals surface area contributed by atoms with Crippen molar-refractivity contribution < 1.29 is 19.2 Å². The largest absolute Gasteiger partial charge is 0.341 e. The number of likely N-dealkylation sites (tertiary alicyclic amines) is 1. The number of nitrogens with one attached hydrogen (secondary N) is 3. The smallest absolute Gasteiger partial charge is 0.327 e. The van der Waals surface area contributed by atoms with E-state index in [1.807, 2.05) is 18.7 Å². The third-order valence-corrected chi connectivity index (χ3v) is 8.65. The molecule has 4 atom stereocenters. The Morgan fingerprint density at radius 2 is 1.92 bits per heavy atom. The van der Waals surface area contributed by atoms with E-state index in [9.17, 15) is 19.2 Å². The number of hydrazine groups is 1. The van der Waals surface area contributed by atoms with Gasteiger partial charge in [-0.1, -0.05) is 19.9 Å². The lowest BCUT2D eigenvalue weighted by Gasteiger charge is -2.47. The molecule has 5 amide bonds. The van der Waals surface area contributed by atoms with E-state index in [-0.39, 0.29) is 35.5 Å². The van der Waals surface area contributed by atoms with Crippen molar-refractivity contribution in [2.75, 3.05) is 26.7 Å². The Labute approximate surface area is 217 Å². The molecular formula is C26H37N7O4. The van der Waals surface area contributed by atoms with Crippen molar-refractivity contribution >= 4 is 23.8 Å². The van der Waals surface area contributed by atoms with Crippen LogP contribution in [0.5, 0.6) is 0 Å². The summed E-state index contributed by atoms with van der Waals surface area (Å²) in [6, 6.07) is 4.55. The lowest BCUT2D eigenvalue weighted by molar-refractivity contribution is -0.143. The predicted octanol–water partition coefficient (Wildman–Crippen LogP) is 0.736. The molecule has 11 nitrogen and oxygen atoms in total. The Morgan fingerprint density at radius 1 is 1.16 bits per heavy atom. The summed E-state index contributed by atoms with van der Waals surface area (Å²) in [6.45, 7) is 5.36. The van der Waals surface area contributed by atoms with Crippen LogP contribution in [0.3, 0.4) is 0 Å². The molecule has 1 spiro atoms. The summed E-state index contributed by atoms with van der Waals surface area (Å²) in [6.07, 6.45) is 5.00. The van der Waals surface area contributed by atoms with Gasteiger partial charge in [-0.25, -0.2) is 4.79 Å². The van der Waals surface area contributed by atoms with Gasteiger partial charge in [0.15, 0.2) is 0 Å². The van der Waals surface area contributed by atoms with Crippen molar-refractivity contribution in [1.82, 2.24) is 35.9 Å². The quantitative estimate of drug-likeness (QED) is 0.498. The highest BCUT2D eigenvalue weighted by atomic mass is 16.2. The van der Waals surface area contributed by atoms with E-state index < -0.39 is 17.5 Å². The summed E-state index contributed by atoms with van der Waals surface area (Å²) >= 11 is 0. The molecular weight excluding hydrogens is 474 g/mol. The maximum absolute atomic E-state index is 13.5. The number of pyridine rings is 1. The first-order valence-corrected chi connectivity index (χ1v) is 13.3. The number of piperidine rings is 1. The highest BCUT2D eigenvalue weighted by Crippen LogP contribution is 2.42. The van der Waals surface area contributed by atoms with Gasteiger partial charge in [0.05, 0.1) is 0 Å².